The van der Waals surface area contributed by atoms with Gasteiger partial charge in [0.05, 0.1) is 5.75 Å². The normalized spacial score (nSPS) is 11.0. The van der Waals surface area contributed by atoms with E-state index in [-0.39, 0.29) is 17.2 Å². The van der Waals surface area contributed by atoms with Crippen molar-refractivity contribution in [3.63, 3.8) is 0 Å². The van der Waals surface area contributed by atoms with Gasteiger partial charge >= 0.3 is 5.97 Å². The van der Waals surface area contributed by atoms with Crippen LogP contribution in [0.4, 0.5) is 11.4 Å². The number of aliphatic carboxylic acids is 1. The summed E-state index contributed by atoms with van der Waals surface area (Å²) < 4.78 is 0. The Balaban J connectivity index is 1.85. The van der Waals surface area contributed by atoms with Crippen molar-refractivity contribution in [1.29, 1.82) is 0 Å². The van der Waals surface area contributed by atoms with E-state index in [4.69, 9.17) is 16.7 Å². The maximum atomic E-state index is 12.0. The van der Waals surface area contributed by atoms with Gasteiger partial charge in [-0.25, -0.2) is 4.79 Å². The fourth-order valence-electron chi connectivity index (χ4n) is 1.98. The molecule has 8 heteroatoms. The number of halogens is 1. The van der Waals surface area contributed by atoms with E-state index < -0.39 is 11.9 Å². The first-order valence-electron chi connectivity index (χ1n) is 7.84. The van der Waals surface area contributed by atoms with Gasteiger partial charge in [0.25, 0.3) is 0 Å². The van der Waals surface area contributed by atoms with Gasteiger partial charge in [-0.15, -0.1) is 11.8 Å². The van der Waals surface area contributed by atoms with Crippen LogP contribution < -0.4 is 10.6 Å². The topological polar surface area (TPSA) is 95.5 Å². The van der Waals surface area contributed by atoms with Gasteiger partial charge in [-0.2, -0.15) is 0 Å². The molecule has 2 amide bonds. The van der Waals surface area contributed by atoms with Gasteiger partial charge in [0.2, 0.25) is 11.8 Å². The summed E-state index contributed by atoms with van der Waals surface area (Å²) in [5.41, 5.74) is 1.11. The lowest BCUT2D eigenvalue weighted by Gasteiger charge is -2.07. The quantitative estimate of drug-likeness (QED) is 0.478. The van der Waals surface area contributed by atoms with Crippen LogP contribution in [0.2, 0.25) is 5.02 Å². The number of rotatable bonds is 7. The summed E-state index contributed by atoms with van der Waals surface area (Å²) in [6.07, 6.45) is 1.02. The summed E-state index contributed by atoms with van der Waals surface area (Å²) >= 11 is 7.22. The van der Waals surface area contributed by atoms with Gasteiger partial charge in [0.15, 0.2) is 0 Å². The average Bonchev–Trinajstić information content (AvgIpc) is 2.61. The van der Waals surface area contributed by atoms with Gasteiger partial charge in [-0.05, 0) is 49.4 Å². The minimum atomic E-state index is -1.15. The molecule has 0 aromatic heterocycles. The number of carbonyl (C=O) groups is 3. The highest BCUT2D eigenvalue weighted by molar-refractivity contribution is 8.00. The van der Waals surface area contributed by atoms with E-state index in [0.29, 0.717) is 16.4 Å². The van der Waals surface area contributed by atoms with E-state index in [1.807, 2.05) is 0 Å². The summed E-state index contributed by atoms with van der Waals surface area (Å²) in [7, 11) is 0. The standard InChI is InChI=1S/C19H17ClN2O4S/c1-12(19(25)26)9-17(23)21-14-5-7-16(8-6-14)27-11-18(24)22-15-4-2-3-13(20)10-15/h2-10H,11H2,1H3,(H,21,23)(H,22,24)(H,25,26)/b12-9+. The Morgan fingerprint density at radius 1 is 1.07 bits per heavy atom. The molecule has 3 N–H and O–H groups in total. The maximum Gasteiger partial charge on any atom is 0.331 e. The molecule has 0 bridgehead atoms. The molecule has 0 spiro atoms. The van der Waals surface area contributed by atoms with Gasteiger partial charge in [-0.3, -0.25) is 9.59 Å². The third-order valence-corrected chi connectivity index (χ3v) is 4.53. The SMILES string of the molecule is C/C(=C\C(=O)Nc1ccc(SCC(=O)Nc2cccc(Cl)c2)cc1)C(=O)O. The smallest absolute Gasteiger partial charge is 0.331 e. The molecular formula is C19H17ClN2O4S. The van der Waals surface area contributed by atoms with Gasteiger partial charge in [0, 0.05) is 32.9 Å². The van der Waals surface area contributed by atoms with E-state index in [2.05, 4.69) is 10.6 Å². The average molecular weight is 405 g/mol. The highest BCUT2D eigenvalue weighted by atomic mass is 35.5. The second-order valence-electron chi connectivity index (χ2n) is 5.49. The lowest BCUT2D eigenvalue weighted by molar-refractivity contribution is -0.132. The van der Waals surface area contributed by atoms with Crippen molar-refractivity contribution in [2.24, 2.45) is 0 Å². The number of carbonyl (C=O) groups excluding carboxylic acids is 2. The Morgan fingerprint density at radius 3 is 2.41 bits per heavy atom. The zero-order valence-electron chi connectivity index (χ0n) is 14.4. The molecule has 0 atom stereocenters. The Bertz CT molecular complexity index is 882. The molecule has 0 saturated heterocycles. The largest absolute Gasteiger partial charge is 0.478 e. The van der Waals surface area contributed by atoms with Crippen LogP contribution >= 0.6 is 23.4 Å². The lowest BCUT2D eigenvalue weighted by Crippen LogP contribution is -2.13. The second-order valence-corrected chi connectivity index (χ2v) is 6.98. The molecule has 0 aliphatic heterocycles. The number of hydrogen-bond acceptors (Lipinski definition) is 4. The molecule has 0 aliphatic rings. The molecule has 2 aromatic carbocycles. The Morgan fingerprint density at radius 2 is 1.78 bits per heavy atom. The summed E-state index contributed by atoms with van der Waals surface area (Å²) in [5, 5.41) is 14.6. The molecule has 27 heavy (non-hydrogen) atoms. The molecule has 0 saturated carbocycles. The van der Waals surface area contributed by atoms with Crippen LogP contribution in [-0.2, 0) is 14.4 Å². The third kappa shape index (κ3) is 7.16. The van der Waals surface area contributed by atoms with Crippen LogP contribution in [0.3, 0.4) is 0 Å². The van der Waals surface area contributed by atoms with E-state index in [0.717, 1.165) is 11.0 Å². The minimum Gasteiger partial charge on any atom is -0.478 e. The molecule has 2 aromatic rings. The fraction of sp³-hybridized carbons (Fsp3) is 0.105. The van der Waals surface area contributed by atoms with Crippen LogP contribution in [0.25, 0.3) is 0 Å². The van der Waals surface area contributed by atoms with Crippen molar-refractivity contribution >= 4 is 52.5 Å². The van der Waals surface area contributed by atoms with Gasteiger partial charge in [0.1, 0.15) is 0 Å². The number of carboxylic acids is 1. The Hall–Kier alpha value is -2.77. The predicted octanol–water partition coefficient (Wildman–Crippen LogP) is 4.04. The van der Waals surface area contributed by atoms with Crippen molar-refractivity contribution in [2.45, 2.75) is 11.8 Å². The number of carboxylic acid groups (broad SMARTS) is 1. The number of thioether (sulfide) groups is 1. The van der Waals surface area contributed by atoms with Crippen LogP contribution in [0, 0.1) is 0 Å². The highest BCUT2D eigenvalue weighted by Gasteiger charge is 2.06. The Kier molecular flexibility index (Phi) is 7.45. The zero-order valence-corrected chi connectivity index (χ0v) is 15.9. The summed E-state index contributed by atoms with van der Waals surface area (Å²) in [6.45, 7) is 1.34. The summed E-state index contributed by atoms with van der Waals surface area (Å²) in [6, 6.07) is 13.8. The van der Waals surface area contributed by atoms with E-state index in [1.165, 1.54) is 18.7 Å². The van der Waals surface area contributed by atoms with Gasteiger partial charge in [-0.1, -0.05) is 17.7 Å². The summed E-state index contributed by atoms with van der Waals surface area (Å²) in [5.74, 6) is -1.60. The predicted molar refractivity (Wildman–Crippen MR) is 107 cm³/mol. The summed E-state index contributed by atoms with van der Waals surface area (Å²) in [4.78, 5) is 35.2. The van der Waals surface area contributed by atoms with E-state index in [1.54, 1.807) is 48.5 Å². The zero-order chi connectivity index (χ0) is 19.8. The molecule has 2 rings (SSSR count). The van der Waals surface area contributed by atoms with Crippen molar-refractivity contribution in [3.8, 4) is 0 Å². The molecule has 6 nitrogen and oxygen atoms in total. The van der Waals surface area contributed by atoms with E-state index in [9.17, 15) is 14.4 Å². The maximum absolute atomic E-state index is 12.0. The molecule has 0 aliphatic carbocycles. The van der Waals surface area contributed by atoms with Crippen LogP contribution in [-0.4, -0.2) is 28.6 Å². The van der Waals surface area contributed by atoms with Crippen LogP contribution in [0.1, 0.15) is 6.92 Å². The number of hydrogen-bond donors (Lipinski definition) is 3. The molecule has 140 valence electrons. The lowest BCUT2D eigenvalue weighted by atomic mass is 10.2. The number of nitrogens with one attached hydrogen (secondary N) is 2. The Labute approximate surface area is 165 Å². The van der Waals surface area contributed by atoms with E-state index >= 15 is 0 Å². The molecular weight excluding hydrogens is 388 g/mol. The van der Waals surface area contributed by atoms with Crippen LogP contribution in [0.15, 0.2) is 65.1 Å². The van der Waals surface area contributed by atoms with Crippen molar-refractivity contribution in [1.82, 2.24) is 0 Å². The third-order valence-electron chi connectivity index (χ3n) is 3.29. The molecule has 0 unspecified atom stereocenters. The second kappa shape index (κ2) is 9.80. The van der Waals surface area contributed by atoms with Crippen molar-refractivity contribution in [3.05, 3.63) is 65.2 Å². The van der Waals surface area contributed by atoms with Crippen LogP contribution in [0.5, 0.6) is 0 Å². The number of amides is 2. The minimum absolute atomic E-state index is 0.0506. The van der Waals surface area contributed by atoms with Crippen molar-refractivity contribution in [2.75, 3.05) is 16.4 Å². The molecule has 0 heterocycles. The molecule has 0 fully saturated rings. The highest BCUT2D eigenvalue weighted by Crippen LogP contribution is 2.21. The fourth-order valence-corrected chi connectivity index (χ4v) is 2.87. The monoisotopic (exact) mass is 404 g/mol. The number of benzene rings is 2. The first kappa shape index (κ1) is 20.5. The first-order valence-corrected chi connectivity index (χ1v) is 9.20. The van der Waals surface area contributed by atoms with Crippen molar-refractivity contribution < 1.29 is 19.5 Å². The molecule has 0 radical (unpaired) electrons. The number of anilines is 2. The van der Waals surface area contributed by atoms with Gasteiger partial charge < -0.3 is 15.7 Å². The first-order chi connectivity index (χ1) is 12.8.